The van der Waals surface area contributed by atoms with E-state index < -0.39 is 0 Å². The van der Waals surface area contributed by atoms with Crippen LogP contribution in [0.4, 0.5) is 10.1 Å². The van der Waals surface area contributed by atoms with E-state index in [1.165, 1.54) is 6.07 Å². The zero-order valence-corrected chi connectivity index (χ0v) is 13.5. The number of hydrogen-bond acceptors (Lipinski definition) is 2. The van der Waals surface area contributed by atoms with Crippen molar-refractivity contribution in [1.29, 1.82) is 0 Å². The highest BCUT2D eigenvalue weighted by Gasteiger charge is 2.21. The molecule has 0 radical (unpaired) electrons. The van der Waals surface area contributed by atoms with Crippen molar-refractivity contribution in [3.8, 4) is 5.75 Å². The van der Waals surface area contributed by atoms with Crippen LogP contribution in [0.5, 0.6) is 5.75 Å². The molecule has 22 heavy (non-hydrogen) atoms. The average Bonchev–Trinajstić information content (AvgIpc) is 2.93. The lowest BCUT2D eigenvalue weighted by atomic mass is 10.2. The molecule has 3 rings (SSSR count). The van der Waals surface area contributed by atoms with Crippen molar-refractivity contribution in [2.45, 2.75) is 19.4 Å². The van der Waals surface area contributed by atoms with Gasteiger partial charge in [0.2, 0.25) is 5.91 Å². The van der Waals surface area contributed by atoms with E-state index in [2.05, 4.69) is 15.9 Å². The van der Waals surface area contributed by atoms with E-state index in [-0.39, 0.29) is 18.3 Å². The predicted octanol–water partition coefficient (Wildman–Crippen LogP) is 4.29. The van der Waals surface area contributed by atoms with E-state index in [9.17, 15) is 9.18 Å². The molecule has 1 fully saturated rings. The maximum Gasteiger partial charge on any atom is 0.227 e. The second-order valence-electron chi connectivity index (χ2n) is 5.17. The first-order valence-electron chi connectivity index (χ1n) is 7.10. The molecule has 1 amide bonds. The van der Waals surface area contributed by atoms with Crippen molar-refractivity contribution in [1.82, 2.24) is 0 Å². The quantitative estimate of drug-likeness (QED) is 0.810. The predicted molar refractivity (Wildman–Crippen MR) is 86.5 cm³/mol. The first-order valence-corrected chi connectivity index (χ1v) is 7.90. The van der Waals surface area contributed by atoms with E-state index >= 15 is 0 Å². The zero-order chi connectivity index (χ0) is 15.5. The molecule has 1 aliphatic heterocycles. The lowest BCUT2D eigenvalue weighted by Crippen LogP contribution is -2.23. The fraction of sp³-hybridized carbons (Fsp3) is 0.235. The largest absolute Gasteiger partial charge is 0.489 e. The summed E-state index contributed by atoms with van der Waals surface area (Å²) in [6.45, 7) is 0.935. The summed E-state index contributed by atoms with van der Waals surface area (Å²) in [6.07, 6.45) is 1.51. The van der Waals surface area contributed by atoms with E-state index in [4.69, 9.17) is 4.74 Å². The third-order valence-electron chi connectivity index (χ3n) is 3.63. The lowest BCUT2D eigenvalue weighted by Gasteiger charge is -2.16. The Kier molecular flexibility index (Phi) is 4.43. The van der Waals surface area contributed by atoms with Gasteiger partial charge in [0.15, 0.2) is 0 Å². The van der Waals surface area contributed by atoms with Crippen LogP contribution in [0.25, 0.3) is 0 Å². The van der Waals surface area contributed by atoms with Crippen LogP contribution in [0.2, 0.25) is 0 Å². The van der Waals surface area contributed by atoms with Gasteiger partial charge in [-0.15, -0.1) is 0 Å². The fourth-order valence-corrected chi connectivity index (χ4v) is 2.78. The lowest BCUT2D eigenvalue weighted by molar-refractivity contribution is -0.117. The Morgan fingerprint density at radius 1 is 1.18 bits per heavy atom. The van der Waals surface area contributed by atoms with Crippen molar-refractivity contribution in [3.63, 3.8) is 0 Å². The SMILES string of the molecule is O=C1CCCN1c1ccc(OCc2ccc(Br)cc2F)cc1. The Hall–Kier alpha value is -1.88. The molecule has 5 heteroatoms. The highest BCUT2D eigenvalue weighted by atomic mass is 79.9. The highest BCUT2D eigenvalue weighted by Crippen LogP contribution is 2.24. The van der Waals surface area contributed by atoms with Gasteiger partial charge < -0.3 is 9.64 Å². The van der Waals surface area contributed by atoms with Gasteiger partial charge in [0, 0.05) is 28.7 Å². The molecule has 2 aromatic rings. The molecular weight excluding hydrogens is 349 g/mol. The average molecular weight is 364 g/mol. The monoisotopic (exact) mass is 363 g/mol. The van der Waals surface area contributed by atoms with Crippen molar-refractivity contribution in [2.24, 2.45) is 0 Å². The summed E-state index contributed by atoms with van der Waals surface area (Å²) < 4.78 is 20.0. The summed E-state index contributed by atoms with van der Waals surface area (Å²) in [5, 5.41) is 0. The summed E-state index contributed by atoms with van der Waals surface area (Å²) in [5.41, 5.74) is 1.38. The summed E-state index contributed by atoms with van der Waals surface area (Å²) in [5.74, 6) is 0.511. The van der Waals surface area contributed by atoms with Gasteiger partial charge in [-0.3, -0.25) is 4.79 Å². The van der Waals surface area contributed by atoms with E-state index in [0.717, 1.165) is 18.7 Å². The van der Waals surface area contributed by atoms with Crippen LogP contribution in [0.1, 0.15) is 18.4 Å². The summed E-state index contributed by atoms with van der Waals surface area (Å²) >= 11 is 3.22. The van der Waals surface area contributed by atoms with E-state index in [0.29, 0.717) is 22.2 Å². The van der Waals surface area contributed by atoms with Crippen LogP contribution in [0.15, 0.2) is 46.9 Å². The summed E-state index contributed by atoms with van der Waals surface area (Å²) in [6, 6.07) is 12.2. The van der Waals surface area contributed by atoms with Gasteiger partial charge in [-0.2, -0.15) is 0 Å². The van der Waals surface area contributed by atoms with E-state index in [1.54, 1.807) is 29.2 Å². The normalized spacial score (nSPS) is 14.5. The zero-order valence-electron chi connectivity index (χ0n) is 11.9. The number of nitrogens with zero attached hydrogens (tertiary/aromatic N) is 1. The third kappa shape index (κ3) is 3.30. The molecule has 2 aromatic carbocycles. The Bertz CT molecular complexity index is 688. The second kappa shape index (κ2) is 6.48. The van der Waals surface area contributed by atoms with Gasteiger partial charge in [0.25, 0.3) is 0 Å². The molecule has 0 aromatic heterocycles. The molecule has 0 bridgehead atoms. The van der Waals surface area contributed by atoms with Crippen molar-refractivity contribution < 1.29 is 13.9 Å². The van der Waals surface area contributed by atoms with Crippen LogP contribution in [0.3, 0.4) is 0 Å². The molecule has 0 spiro atoms. The van der Waals surface area contributed by atoms with Gasteiger partial charge in [-0.25, -0.2) is 4.39 Å². The van der Waals surface area contributed by atoms with E-state index in [1.807, 2.05) is 12.1 Å². The fourth-order valence-electron chi connectivity index (χ4n) is 2.44. The van der Waals surface area contributed by atoms with Gasteiger partial charge in [-0.05, 0) is 42.8 Å². The number of ether oxygens (including phenoxy) is 1. The smallest absolute Gasteiger partial charge is 0.227 e. The maximum absolute atomic E-state index is 13.7. The number of rotatable bonds is 4. The third-order valence-corrected chi connectivity index (χ3v) is 4.12. The Morgan fingerprint density at radius 2 is 1.95 bits per heavy atom. The molecule has 0 aliphatic carbocycles. The standard InChI is InChI=1S/C17H15BrFNO2/c18-13-4-3-12(16(19)10-13)11-22-15-7-5-14(6-8-15)20-9-1-2-17(20)21/h3-8,10H,1-2,9,11H2. The molecule has 114 valence electrons. The summed E-state index contributed by atoms with van der Waals surface area (Å²) in [4.78, 5) is 13.5. The first-order chi connectivity index (χ1) is 10.6. The van der Waals surface area contributed by atoms with Crippen molar-refractivity contribution >= 4 is 27.5 Å². The summed E-state index contributed by atoms with van der Waals surface area (Å²) in [7, 11) is 0. The maximum atomic E-state index is 13.7. The number of anilines is 1. The molecule has 0 N–H and O–H groups in total. The second-order valence-corrected chi connectivity index (χ2v) is 6.08. The molecule has 1 heterocycles. The minimum Gasteiger partial charge on any atom is -0.489 e. The number of carbonyl (C=O) groups excluding carboxylic acids is 1. The van der Waals surface area contributed by atoms with Crippen LogP contribution in [-0.4, -0.2) is 12.5 Å². The minimum atomic E-state index is -0.298. The van der Waals surface area contributed by atoms with Gasteiger partial charge >= 0.3 is 0 Å². The topological polar surface area (TPSA) is 29.5 Å². The number of benzene rings is 2. The Balaban J connectivity index is 1.65. The van der Waals surface area contributed by atoms with Gasteiger partial charge in [-0.1, -0.05) is 22.0 Å². The van der Waals surface area contributed by atoms with Crippen molar-refractivity contribution in [2.75, 3.05) is 11.4 Å². The van der Waals surface area contributed by atoms with Crippen molar-refractivity contribution in [3.05, 3.63) is 58.3 Å². The van der Waals surface area contributed by atoms with Gasteiger partial charge in [0.1, 0.15) is 18.2 Å². The molecule has 1 saturated heterocycles. The molecule has 3 nitrogen and oxygen atoms in total. The Morgan fingerprint density at radius 3 is 2.59 bits per heavy atom. The number of amides is 1. The van der Waals surface area contributed by atoms with Crippen LogP contribution < -0.4 is 9.64 Å². The van der Waals surface area contributed by atoms with Crippen LogP contribution in [0, 0.1) is 5.82 Å². The highest BCUT2D eigenvalue weighted by molar-refractivity contribution is 9.10. The van der Waals surface area contributed by atoms with Crippen LogP contribution in [-0.2, 0) is 11.4 Å². The minimum absolute atomic E-state index is 0.158. The van der Waals surface area contributed by atoms with Crippen LogP contribution >= 0.6 is 15.9 Å². The molecule has 0 saturated carbocycles. The Labute approximate surface area is 136 Å². The number of carbonyl (C=O) groups is 1. The first kappa shape index (κ1) is 15.0. The molecular formula is C17H15BrFNO2. The number of hydrogen-bond donors (Lipinski definition) is 0. The van der Waals surface area contributed by atoms with Gasteiger partial charge in [0.05, 0.1) is 0 Å². The molecule has 0 atom stereocenters. The molecule has 1 aliphatic rings. The number of halogens is 2. The molecule has 0 unspecified atom stereocenters.